The van der Waals surface area contributed by atoms with Crippen molar-refractivity contribution in [2.75, 3.05) is 33.8 Å². The maximum Gasteiger partial charge on any atom is 0.228 e. The normalized spacial score (nSPS) is 24.8. The Morgan fingerprint density at radius 1 is 1.28 bits per heavy atom. The van der Waals surface area contributed by atoms with Gasteiger partial charge in [0.15, 0.2) is 0 Å². The van der Waals surface area contributed by atoms with Crippen LogP contribution in [-0.2, 0) is 16.1 Å². The molecule has 1 aromatic carbocycles. The van der Waals surface area contributed by atoms with Crippen molar-refractivity contribution >= 4 is 5.91 Å². The lowest BCUT2D eigenvalue weighted by Gasteiger charge is -2.35. The van der Waals surface area contributed by atoms with Gasteiger partial charge >= 0.3 is 0 Å². The van der Waals surface area contributed by atoms with Gasteiger partial charge in [0.05, 0.1) is 23.7 Å². The quantitative estimate of drug-likeness (QED) is 0.843. The Hall–Kier alpha value is -1.90. The zero-order valence-electron chi connectivity index (χ0n) is 15.1. The fourth-order valence-electron chi connectivity index (χ4n) is 4.02. The molecule has 5 nitrogen and oxygen atoms in total. The summed E-state index contributed by atoms with van der Waals surface area (Å²) >= 11 is 0. The molecule has 2 atom stereocenters. The van der Waals surface area contributed by atoms with E-state index in [0.717, 1.165) is 37.9 Å². The van der Waals surface area contributed by atoms with Gasteiger partial charge in [-0.3, -0.25) is 4.79 Å². The van der Waals surface area contributed by atoms with Gasteiger partial charge in [-0.1, -0.05) is 12.1 Å². The molecule has 2 heterocycles. The minimum Gasteiger partial charge on any atom is -0.377 e. The van der Waals surface area contributed by atoms with Gasteiger partial charge in [-0.25, -0.2) is 0 Å². The number of hydrogen-bond donors (Lipinski definition) is 0. The van der Waals surface area contributed by atoms with Crippen LogP contribution >= 0.6 is 0 Å². The van der Waals surface area contributed by atoms with Crippen molar-refractivity contribution in [3.05, 3.63) is 35.4 Å². The van der Waals surface area contributed by atoms with Gasteiger partial charge in [-0.05, 0) is 63.0 Å². The topological polar surface area (TPSA) is 56.6 Å². The first-order valence-electron chi connectivity index (χ1n) is 9.12. The van der Waals surface area contributed by atoms with Crippen LogP contribution in [0.5, 0.6) is 0 Å². The Labute approximate surface area is 150 Å². The van der Waals surface area contributed by atoms with Crippen LogP contribution in [0.4, 0.5) is 0 Å². The molecule has 1 aromatic rings. The first-order valence-corrected chi connectivity index (χ1v) is 9.12. The number of carbonyl (C=O) groups excluding carboxylic acids is 1. The monoisotopic (exact) mass is 341 g/mol. The molecular formula is C20H27N3O2. The molecule has 0 N–H and O–H groups in total. The number of carbonyl (C=O) groups is 1. The van der Waals surface area contributed by atoms with Gasteiger partial charge < -0.3 is 14.5 Å². The highest BCUT2D eigenvalue weighted by Crippen LogP contribution is 2.34. The SMILES string of the molecule is CN1CCC([C@H]2OCC[C@@H]2C(=O)N(C)Cc2ccc(C#N)cc2)CC1. The van der Waals surface area contributed by atoms with E-state index in [2.05, 4.69) is 18.0 Å². The second-order valence-electron chi connectivity index (χ2n) is 7.37. The Bertz CT molecular complexity index is 629. The first kappa shape index (κ1) is 17.9. The highest BCUT2D eigenvalue weighted by molar-refractivity contribution is 5.79. The lowest BCUT2D eigenvalue weighted by molar-refractivity contribution is -0.138. The summed E-state index contributed by atoms with van der Waals surface area (Å²) in [6, 6.07) is 9.56. The molecule has 0 radical (unpaired) electrons. The zero-order valence-corrected chi connectivity index (χ0v) is 15.1. The summed E-state index contributed by atoms with van der Waals surface area (Å²) in [6.45, 7) is 3.44. The molecule has 0 bridgehead atoms. The Morgan fingerprint density at radius 2 is 1.96 bits per heavy atom. The maximum atomic E-state index is 13.0. The lowest BCUT2D eigenvalue weighted by atomic mass is 9.83. The predicted octanol–water partition coefficient (Wildman–Crippen LogP) is 2.26. The zero-order chi connectivity index (χ0) is 17.8. The molecule has 2 aliphatic rings. The number of nitriles is 1. The van der Waals surface area contributed by atoms with E-state index in [0.29, 0.717) is 24.6 Å². The van der Waals surface area contributed by atoms with Crippen molar-refractivity contribution in [2.24, 2.45) is 11.8 Å². The van der Waals surface area contributed by atoms with E-state index in [-0.39, 0.29) is 17.9 Å². The van der Waals surface area contributed by atoms with Gasteiger partial charge in [0.2, 0.25) is 5.91 Å². The van der Waals surface area contributed by atoms with Gasteiger partial charge in [-0.15, -0.1) is 0 Å². The highest BCUT2D eigenvalue weighted by atomic mass is 16.5. The number of hydrogen-bond acceptors (Lipinski definition) is 4. The molecule has 25 heavy (non-hydrogen) atoms. The van der Waals surface area contributed by atoms with E-state index in [9.17, 15) is 4.79 Å². The van der Waals surface area contributed by atoms with E-state index in [1.54, 1.807) is 12.1 Å². The van der Waals surface area contributed by atoms with Crippen LogP contribution in [0, 0.1) is 23.2 Å². The van der Waals surface area contributed by atoms with Crippen molar-refractivity contribution in [1.82, 2.24) is 9.80 Å². The summed E-state index contributed by atoms with van der Waals surface area (Å²) in [5, 5.41) is 8.88. The third-order valence-electron chi connectivity index (χ3n) is 5.56. The fourth-order valence-corrected chi connectivity index (χ4v) is 4.02. The highest BCUT2D eigenvalue weighted by Gasteiger charge is 2.41. The largest absolute Gasteiger partial charge is 0.377 e. The summed E-state index contributed by atoms with van der Waals surface area (Å²) in [4.78, 5) is 17.1. The molecule has 0 saturated carbocycles. The standard InChI is InChI=1S/C20H27N3O2/c1-22-10-7-17(8-11-22)19-18(9-12-25-19)20(24)23(2)14-16-5-3-15(13-21)4-6-16/h3-6,17-19H,7-12,14H2,1-2H3/t18-,19+/m0/s1. The molecule has 2 fully saturated rings. The molecule has 134 valence electrons. The molecule has 3 rings (SSSR count). The van der Waals surface area contributed by atoms with Crippen LogP contribution < -0.4 is 0 Å². The van der Waals surface area contributed by atoms with E-state index < -0.39 is 0 Å². The lowest BCUT2D eigenvalue weighted by Crippen LogP contribution is -2.42. The second-order valence-corrected chi connectivity index (χ2v) is 7.37. The van der Waals surface area contributed by atoms with Crippen LogP contribution in [0.1, 0.15) is 30.4 Å². The van der Waals surface area contributed by atoms with Crippen molar-refractivity contribution in [3.8, 4) is 6.07 Å². The minimum absolute atomic E-state index is 0.0169. The van der Waals surface area contributed by atoms with Crippen molar-refractivity contribution in [2.45, 2.75) is 31.9 Å². The Morgan fingerprint density at radius 3 is 2.60 bits per heavy atom. The summed E-state index contributed by atoms with van der Waals surface area (Å²) in [5.41, 5.74) is 1.69. The second kappa shape index (κ2) is 7.99. The van der Waals surface area contributed by atoms with Crippen molar-refractivity contribution in [1.29, 1.82) is 5.26 Å². The molecule has 0 unspecified atom stereocenters. The summed E-state index contributed by atoms with van der Waals surface area (Å²) in [7, 11) is 4.02. The number of likely N-dealkylation sites (tertiary alicyclic amines) is 1. The first-order chi connectivity index (χ1) is 12.1. The Kier molecular flexibility index (Phi) is 5.72. The number of ether oxygens (including phenoxy) is 1. The van der Waals surface area contributed by atoms with E-state index >= 15 is 0 Å². The average Bonchev–Trinajstić information content (AvgIpc) is 3.12. The summed E-state index contributed by atoms with van der Waals surface area (Å²) < 4.78 is 5.99. The fraction of sp³-hybridized carbons (Fsp3) is 0.600. The third-order valence-corrected chi connectivity index (χ3v) is 5.56. The number of benzene rings is 1. The van der Waals surface area contributed by atoms with Crippen LogP contribution in [0.2, 0.25) is 0 Å². The molecular weight excluding hydrogens is 314 g/mol. The number of amides is 1. The van der Waals surface area contributed by atoms with Gasteiger partial charge in [0, 0.05) is 20.2 Å². The van der Waals surface area contributed by atoms with Gasteiger partial charge in [-0.2, -0.15) is 5.26 Å². The average molecular weight is 341 g/mol. The van der Waals surface area contributed by atoms with Crippen LogP contribution in [0.15, 0.2) is 24.3 Å². The maximum absolute atomic E-state index is 13.0. The third kappa shape index (κ3) is 4.20. The molecule has 1 amide bonds. The van der Waals surface area contributed by atoms with E-state index in [1.165, 1.54) is 0 Å². The van der Waals surface area contributed by atoms with E-state index in [1.807, 2.05) is 24.1 Å². The van der Waals surface area contributed by atoms with Crippen LogP contribution in [-0.4, -0.2) is 55.6 Å². The van der Waals surface area contributed by atoms with Gasteiger partial charge in [0.1, 0.15) is 0 Å². The number of rotatable bonds is 4. The smallest absolute Gasteiger partial charge is 0.228 e. The van der Waals surface area contributed by atoms with E-state index in [4.69, 9.17) is 10.00 Å². The van der Waals surface area contributed by atoms with Crippen molar-refractivity contribution < 1.29 is 9.53 Å². The van der Waals surface area contributed by atoms with Crippen molar-refractivity contribution in [3.63, 3.8) is 0 Å². The molecule has 0 aliphatic carbocycles. The summed E-state index contributed by atoms with van der Waals surface area (Å²) in [6.07, 6.45) is 3.13. The van der Waals surface area contributed by atoms with Gasteiger partial charge in [0.25, 0.3) is 0 Å². The van der Waals surface area contributed by atoms with Crippen LogP contribution in [0.3, 0.4) is 0 Å². The number of nitrogens with zero attached hydrogens (tertiary/aromatic N) is 3. The molecule has 0 spiro atoms. The minimum atomic E-state index is -0.0169. The molecule has 5 heteroatoms. The number of piperidine rings is 1. The predicted molar refractivity (Wildman–Crippen MR) is 95.7 cm³/mol. The molecule has 2 saturated heterocycles. The molecule has 2 aliphatic heterocycles. The molecule has 0 aromatic heterocycles. The Balaban J connectivity index is 1.61. The summed E-state index contributed by atoms with van der Waals surface area (Å²) in [5.74, 6) is 0.665. The van der Waals surface area contributed by atoms with Crippen LogP contribution in [0.25, 0.3) is 0 Å².